The van der Waals surface area contributed by atoms with Gasteiger partial charge in [0.1, 0.15) is 0 Å². The van der Waals surface area contributed by atoms with Crippen LogP contribution in [0.15, 0.2) is 0 Å². The van der Waals surface area contributed by atoms with Gasteiger partial charge in [-0.3, -0.25) is 0 Å². The minimum atomic E-state index is -5.69. The first-order valence-corrected chi connectivity index (χ1v) is 21.1. The van der Waals surface area contributed by atoms with Crippen LogP contribution in [0.4, 0.5) is 52.7 Å². The lowest BCUT2D eigenvalue weighted by molar-refractivity contribution is -0.416. The van der Waals surface area contributed by atoms with Gasteiger partial charge in [-0.15, -0.1) is 0 Å². The maximum Gasteiger partial charge on any atom is 0.426 e. The van der Waals surface area contributed by atoms with Gasteiger partial charge in [-0.2, -0.15) is 52.7 Å². The summed E-state index contributed by atoms with van der Waals surface area (Å²) in [4.78, 5) is 0. The second-order valence-electron chi connectivity index (χ2n) is 20.2. The molecule has 9 fully saturated rings. The summed E-state index contributed by atoms with van der Waals surface area (Å²) < 4.78 is 173. The lowest BCUT2D eigenvalue weighted by Gasteiger charge is -2.47. The van der Waals surface area contributed by atoms with Gasteiger partial charge in [0.05, 0.1) is 0 Å². The first kappa shape index (κ1) is 41.8. The van der Waals surface area contributed by atoms with Crippen molar-refractivity contribution in [2.75, 3.05) is 6.61 Å². The van der Waals surface area contributed by atoms with Gasteiger partial charge >= 0.3 is 24.7 Å². The van der Waals surface area contributed by atoms with E-state index in [0.717, 1.165) is 25.7 Å². The van der Waals surface area contributed by atoms with Crippen LogP contribution in [0.5, 0.6) is 0 Å². The lowest BCUT2D eigenvalue weighted by Crippen LogP contribution is -2.62. The minimum Gasteiger partial charge on any atom is -0.374 e. The van der Waals surface area contributed by atoms with E-state index in [1.54, 1.807) is 0 Å². The summed E-state index contributed by atoms with van der Waals surface area (Å²) in [6, 6.07) is 0. The topological polar surface area (TPSA) is 38.7 Å². The van der Waals surface area contributed by atoms with E-state index in [1.807, 2.05) is 0 Å². The molecule has 19 unspecified atom stereocenters. The molecule has 0 aromatic heterocycles. The Morgan fingerprint density at radius 1 is 0.500 bits per heavy atom. The molecule has 1 aliphatic heterocycles. The van der Waals surface area contributed by atoms with Gasteiger partial charge in [0.2, 0.25) is 0 Å². The Morgan fingerprint density at radius 3 is 1.29 bits per heavy atom. The first-order chi connectivity index (χ1) is 25.8. The van der Waals surface area contributed by atoms with E-state index in [4.69, 9.17) is 9.47 Å². The number of ether oxygens (including phenoxy) is 2. The average molecular weight is 825 g/mol. The summed E-state index contributed by atoms with van der Waals surface area (Å²) in [6.07, 6.45) is -20.4. The Balaban J connectivity index is 0.000000161. The van der Waals surface area contributed by atoms with Gasteiger partial charge in [-0.25, -0.2) is 0 Å². The van der Waals surface area contributed by atoms with Crippen molar-refractivity contribution in [2.45, 2.75) is 141 Å². The third-order valence-electron chi connectivity index (χ3n) is 18.4. The van der Waals surface area contributed by atoms with Crippen LogP contribution in [-0.4, -0.2) is 53.9 Å². The van der Waals surface area contributed by atoms with Crippen molar-refractivity contribution in [1.82, 2.24) is 0 Å². The van der Waals surface area contributed by atoms with Crippen molar-refractivity contribution >= 4 is 0 Å². The molecule has 9 rings (SSSR count). The van der Waals surface area contributed by atoms with E-state index in [0.29, 0.717) is 90.8 Å². The number of halogens is 12. The second kappa shape index (κ2) is 13.5. The largest absolute Gasteiger partial charge is 0.426 e. The highest BCUT2D eigenvalue weighted by Crippen LogP contribution is 2.74. The molecule has 322 valence electrons. The fourth-order valence-electron chi connectivity index (χ4n) is 15.9. The molecule has 15 heteroatoms. The summed E-state index contributed by atoms with van der Waals surface area (Å²) in [5.74, 6) is 4.97. The normalized spacial score (nSPS) is 48.1. The van der Waals surface area contributed by atoms with Gasteiger partial charge in [-0.05, 0) is 177 Å². The highest BCUT2D eigenvalue weighted by atomic mass is 19.4. The molecule has 1 heterocycles. The predicted molar refractivity (Wildman–Crippen MR) is 179 cm³/mol. The van der Waals surface area contributed by atoms with Crippen LogP contribution in [0.2, 0.25) is 0 Å². The Labute approximate surface area is 320 Å². The van der Waals surface area contributed by atoms with Crippen LogP contribution in [0.3, 0.4) is 0 Å². The Morgan fingerprint density at radius 2 is 0.911 bits per heavy atom. The van der Waals surface area contributed by atoms with E-state index in [2.05, 4.69) is 27.7 Å². The molecular formula is C41H56F12O3. The molecule has 1 N–H and O–H groups in total. The minimum absolute atomic E-state index is 0.0418. The molecule has 0 amide bonds. The van der Waals surface area contributed by atoms with Crippen molar-refractivity contribution in [3.05, 3.63) is 0 Å². The third kappa shape index (κ3) is 6.05. The zero-order chi connectivity index (χ0) is 40.9. The number of fused-ring (bicyclic) bond motifs is 18. The number of hydrogen-bond acceptors (Lipinski definition) is 3. The maximum absolute atomic E-state index is 14.2. The Bertz CT molecular complexity index is 1420. The Hall–Kier alpha value is -0.960. The van der Waals surface area contributed by atoms with Gasteiger partial charge in [0.15, 0.2) is 6.29 Å². The van der Waals surface area contributed by atoms with E-state index < -0.39 is 66.9 Å². The monoisotopic (exact) mass is 824 g/mol. The maximum atomic E-state index is 14.2. The fraction of sp³-hybridized carbons (Fsp3) is 1.00. The third-order valence-corrected chi connectivity index (χ3v) is 18.4. The van der Waals surface area contributed by atoms with Crippen molar-refractivity contribution in [3.8, 4) is 0 Å². The number of alkyl halides is 12. The van der Waals surface area contributed by atoms with E-state index in [1.165, 1.54) is 0 Å². The van der Waals surface area contributed by atoms with Crippen molar-refractivity contribution in [1.29, 1.82) is 0 Å². The first-order valence-electron chi connectivity index (χ1n) is 21.1. The SMILES string of the molecule is CC1C(C)C2CC1C1C3CC(CC(O)(C(F)(F)F)C(F)(F)F)C(C3)C21.CC1C(C)C2CC1C1C3CC(CC(OC4CCCCO4)(C(F)(F)F)C(F)(F)F)C(C3)C21. The fourth-order valence-corrected chi connectivity index (χ4v) is 15.9. The van der Waals surface area contributed by atoms with Crippen LogP contribution in [-0.2, 0) is 9.47 Å². The van der Waals surface area contributed by atoms with E-state index >= 15 is 0 Å². The number of aliphatic hydroxyl groups is 1. The molecule has 0 aromatic carbocycles. The van der Waals surface area contributed by atoms with Gasteiger partial charge in [0.25, 0.3) is 11.2 Å². The van der Waals surface area contributed by atoms with Gasteiger partial charge in [-0.1, -0.05) is 27.7 Å². The predicted octanol–water partition coefficient (Wildman–Crippen LogP) is 11.6. The van der Waals surface area contributed by atoms with Crippen molar-refractivity contribution in [2.24, 2.45) is 107 Å². The molecule has 0 spiro atoms. The summed E-state index contributed by atoms with van der Waals surface area (Å²) in [6.45, 7) is 9.03. The van der Waals surface area contributed by atoms with Crippen molar-refractivity contribution in [3.63, 3.8) is 0 Å². The van der Waals surface area contributed by atoms with E-state index in [9.17, 15) is 57.8 Å². The van der Waals surface area contributed by atoms with Gasteiger partial charge < -0.3 is 14.6 Å². The molecule has 8 saturated carbocycles. The summed E-state index contributed by atoms with van der Waals surface area (Å²) in [5.41, 5.74) is -8.73. The smallest absolute Gasteiger partial charge is 0.374 e. The summed E-state index contributed by atoms with van der Waals surface area (Å²) in [7, 11) is 0. The van der Waals surface area contributed by atoms with Crippen molar-refractivity contribution < 1.29 is 67.3 Å². The summed E-state index contributed by atoms with van der Waals surface area (Å²) in [5, 5.41) is 9.59. The molecule has 8 aliphatic carbocycles. The summed E-state index contributed by atoms with van der Waals surface area (Å²) >= 11 is 0. The Kier molecular flexibility index (Phi) is 10.1. The molecule has 0 radical (unpaired) electrons. The van der Waals surface area contributed by atoms with Crippen LogP contribution in [0.25, 0.3) is 0 Å². The highest BCUT2D eigenvalue weighted by Gasteiger charge is 2.76. The molecule has 8 bridgehead atoms. The molecule has 1 saturated heterocycles. The molecular weight excluding hydrogens is 768 g/mol. The molecule has 19 atom stereocenters. The van der Waals surface area contributed by atoms with E-state index in [-0.39, 0.29) is 42.6 Å². The van der Waals surface area contributed by atoms with Crippen LogP contribution in [0.1, 0.15) is 98.3 Å². The average Bonchev–Trinajstić information content (AvgIpc) is 3.94. The number of hydrogen-bond donors (Lipinski definition) is 1. The van der Waals surface area contributed by atoms with Gasteiger partial charge in [0, 0.05) is 6.61 Å². The zero-order valence-corrected chi connectivity index (χ0v) is 32.3. The standard InChI is InChI=1S/C23H32F6O2.C18H24F6O/c1-11-12(2)16-9-15(11)19-13-7-14(17(8-13)20(16)19)10-21(22(24,25)26,23(27,28)29)31-18-5-3-4-6-30-18;1-7-8(2)12-5-11(7)14-9-3-10(13(4-9)15(12)14)6-16(25,17(19,20)21)18(22,23)24/h11-20H,3-10H2,1-2H3;7-15,25H,3-6H2,1-2H3. The van der Waals surface area contributed by atoms with Crippen LogP contribution < -0.4 is 0 Å². The zero-order valence-electron chi connectivity index (χ0n) is 32.3. The number of rotatable bonds is 6. The lowest BCUT2D eigenvalue weighted by atomic mass is 9.61. The second-order valence-corrected chi connectivity index (χ2v) is 20.2. The molecule has 56 heavy (non-hydrogen) atoms. The molecule has 0 aromatic rings. The molecule has 3 nitrogen and oxygen atoms in total. The molecule has 9 aliphatic rings. The van der Waals surface area contributed by atoms with Crippen LogP contribution >= 0.6 is 0 Å². The quantitative estimate of drug-likeness (QED) is 0.214. The van der Waals surface area contributed by atoms with Crippen LogP contribution in [0, 0.1) is 107 Å². The highest BCUT2D eigenvalue weighted by molar-refractivity contribution is 5.16.